The molecule has 7 heavy (non-hydrogen) atoms. The van der Waals surface area contributed by atoms with E-state index in [-0.39, 0.29) is 0 Å². The Morgan fingerprint density at radius 2 is 1.71 bits per heavy atom. The molecular weight excluding hydrogens is 145 g/mol. The Hall–Kier alpha value is 0.180. The molecule has 0 spiro atoms. The summed E-state index contributed by atoms with van der Waals surface area (Å²) in [5.41, 5.74) is 0. The second-order valence-electron chi connectivity index (χ2n) is 0.903. The molecule has 0 fully saturated rings. The van der Waals surface area contributed by atoms with Crippen LogP contribution in [0.5, 0.6) is 0 Å². The Morgan fingerprint density at radius 3 is 1.71 bits per heavy atom. The van der Waals surface area contributed by atoms with Gasteiger partial charge in [-0.15, -0.1) is 0 Å². The maximum atomic E-state index is 11.6. The zero-order valence-electron chi connectivity index (χ0n) is 3.22. The van der Waals surface area contributed by atoms with Crippen LogP contribution in [0.3, 0.4) is 0 Å². The highest BCUT2D eigenvalue weighted by Crippen LogP contribution is 2.30. The Balaban J connectivity index is 3.79. The molecule has 0 saturated heterocycles. The van der Waals surface area contributed by atoms with Crippen molar-refractivity contribution in [2.75, 3.05) is 0 Å². The second-order valence-corrected chi connectivity index (χ2v) is 2.14. The summed E-state index contributed by atoms with van der Waals surface area (Å²) >= 11 is 8.98. The monoisotopic (exact) mass is 146 g/mol. The van der Waals surface area contributed by atoms with Crippen LogP contribution >= 0.6 is 23.2 Å². The topological polar surface area (TPSA) is 0 Å². The molecule has 4 heteroatoms. The van der Waals surface area contributed by atoms with E-state index >= 15 is 0 Å². The molecule has 0 heterocycles. The average molecular weight is 147 g/mol. The molecule has 0 aromatic rings. The van der Waals surface area contributed by atoms with E-state index in [1.807, 2.05) is 0 Å². The molecule has 0 nitrogen and oxygen atoms in total. The average Bonchev–Trinajstić information content (AvgIpc) is 1.31. The number of alkyl halides is 3. The lowest BCUT2D eigenvalue weighted by molar-refractivity contribution is 0.377. The number of allylic oxidation sites excluding steroid dienone is 1. The van der Waals surface area contributed by atoms with Crippen molar-refractivity contribution in [3.8, 4) is 0 Å². The van der Waals surface area contributed by atoms with Gasteiger partial charge in [0.1, 0.15) is 0 Å². The summed E-state index contributed by atoms with van der Waals surface area (Å²) in [6.45, 7) is 2.52. The first-order valence-electron chi connectivity index (χ1n) is 1.36. The van der Waals surface area contributed by atoms with Gasteiger partial charge in [-0.2, -0.15) is 4.39 Å². The van der Waals surface area contributed by atoms with Crippen LogP contribution in [0.1, 0.15) is 0 Å². The highest BCUT2D eigenvalue weighted by molar-refractivity contribution is 6.48. The van der Waals surface area contributed by atoms with Crippen LogP contribution in [0.2, 0.25) is 0 Å². The molecule has 0 aromatic carbocycles. The van der Waals surface area contributed by atoms with Gasteiger partial charge in [0.05, 0.1) is 0 Å². The maximum Gasteiger partial charge on any atom is 0.308 e. The third-order valence-electron chi connectivity index (χ3n) is 0.308. The smallest absolute Gasteiger partial charge is 0.206 e. The lowest BCUT2D eigenvalue weighted by atomic mass is 10.7. The van der Waals surface area contributed by atoms with Crippen LogP contribution in [0.25, 0.3) is 0 Å². The summed E-state index contributed by atoms with van der Waals surface area (Å²) in [5.74, 6) is -1.39. The largest absolute Gasteiger partial charge is 0.308 e. The van der Waals surface area contributed by atoms with Crippen molar-refractivity contribution in [2.45, 2.75) is 4.59 Å². The summed E-state index contributed by atoms with van der Waals surface area (Å²) in [4.78, 5) is 0. The van der Waals surface area contributed by atoms with Gasteiger partial charge in [0.2, 0.25) is 0 Å². The minimum Gasteiger partial charge on any atom is -0.206 e. The third-order valence-corrected chi connectivity index (χ3v) is 0.718. The van der Waals surface area contributed by atoms with E-state index < -0.39 is 10.4 Å². The molecule has 0 aliphatic heterocycles. The molecule has 0 bridgehead atoms. The molecule has 0 N–H and O–H groups in total. The van der Waals surface area contributed by atoms with E-state index in [0.29, 0.717) is 0 Å². The minimum atomic E-state index is -2.92. The first-order chi connectivity index (χ1) is 2.94. The summed E-state index contributed by atoms with van der Waals surface area (Å²) in [6.07, 6.45) is 0. The summed E-state index contributed by atoms with van der Waals surface area (Å²) < 4.78 is 20.0. The Kier molecular flexibility index (Phi) is 2.02. The van der Waals surface area contributed by atoms with E-state index in [1.54, 1.807) is 0 Å². The van der Waals surface area contributed by atoms with Crippen LogP contribution in [-0.4, -0.2) is 4.59 Å². The first-order valence-corrected chi connectivity index (χ1v) is 2.12. The fraction of sp³-hybridized carbons (Fsp3) is 0.333. The predicted molar refractivity (Wildman–Crippen MR) is 25.8 cm³/mol. The molecular formula is C3H2Cl2F2. The molecule has 0 aliphatic rings. The van der Waals surface area contributed by atoms with Crippen molar-refractivity contribution in [1.82, 2.24) is 0 Å². The number of halogens is 4. The van der Waals surface area contributed by atoms with E-state index in [2.05, 4.69) is 29.8 Å². The quantitative estimate of drug-likeness (QED) is 0.500. The number of rotatable bonds is 1. The lowest BCUT2D eigenvalue weighted by Crippen LogP contribution is -2.01. The number of hydrogen-bond acceptors (Lipinski definition) is 0. The van der Waals surface area contributed by atoms with Gasteiger partial charge < -0.3 is 0 Å². The summed E-state index contributed by atoms with van der Waals surface area (Å²) in [6, 6.07) is 0. The first kappa shape index (κ1) is 7.18. The van der Waals surface area contributed by atoms with Crippen LogP contribution in [0.4, 0.5) is 8.78 Å². The molecule has 0 aromatic heterocycles. The van der Waals surface area contributed by atoms with Gasteiger partial charge in [0, 0.05) is 0 Å². The third kappa shape index (κ3) is 2.83. The van der Waals surface area contributed by atoms with E-state index in [4.69, 9.17) is 0 Å². The molecule has 0 amide bonds. The zero-order valence-corrected chi connectivity index (χ0v) is 4.73. The molecule has 0 unspecified atom stereocenters. The minimum absolute atomic E-state index is 1.39. The van der Waals surface area contributed by atoms with Gasteiger partial charge in [0.25, 0.3) is 0 Å². The van der Waals surface area contributed by atoms with Crippen LogP contribution in [0, 0.1) is 0 Å². The standard InChI is InChI=1S/C3H2Cl2F2/c1-2(6)3(4,5)7/h1H2. The SMILES string of the molecule is C=C(F)C(F)(Cl)Cl. The Labute approximate surface area is 49.7 Å². The van der Waals surface area contributed by atoms with Gasteiger partial charge in [-0.25, -0.2) is 4.39 Å². The molecule has 0 atom stereocenters. The molecule has 0 radical (unpaired) electrons. The fourth-order valence-electron chi connectivity index (χ4n) is 0. The molecule has 0 saturated carbocycles. The van der Waals surface area contributed by atoms with E-state index in [9.17, 15) is 8.78 Å². The Morgan fingerprint density at radius 1 is 1.57 bits per heavy atom. The van der Waals surface area contributed by atoms with Crippen molar-refractivity contribution in [3.63, 3.8) is 0 Å². The van der Waals surface area contributed by atoms with Crippen molar-refractivity contribution < 1.29 is 8.78 Å². The van der Waals surface area contributed by atoms with Crippen molar-refractivity contribution in [2.24, 2.45) is 0 Å². The van der Waals surface area contributed by atoms with E-state index in [0.717, 1.165) is 0 Å². The highest BCUT2D eigenvalue weighted by atomic mass is 35.5. The molecule has 0 aliphatic carbocycles. The summed E-state index contributed by atoms with van der Waals surface area (Å²) in [7, 11) is 0. The predicted octanol–water partition coefficient (Wildman–Crippen LogP) is 2.57. The number of hydrogen-bond donors (Lipinski definition) is 0. The van der Waals surface area contributed by atoms with Gasteiger partial charge in [0.15, 0.2) is 5.83 Å². The van der Waals surface area contributed by atoms with Gasteiger partial charge >= 0.3 is 4.59 Å². The van der Waals surface area contributed by atoms with Crippen molar-refractivity contribution >= 4 is 23.2 Å². The van der Waals surface area contributed by atoms with Crippen molar-refractivity contribution in [1.29, 1.82) is 0 Å². The molecule has 0 rings (SSSR count). The second kappa shape index (κ2) is 1.97. The van der Waals surface area contributed by atoms with Gasteiger partial charge in [-0.3, -0.25) is 0 Å². The molecule has 42 valence electrons. The van der Waals surface area contributed by atoms with Crippen LogP contribution in [-0.2, 0) is 0 Å². The van der Waals surface area contributed by atoms with Crippen LogP contribution < -0.4 is 0 Å². The van der Waals surface area contributed by atoms with Gasteiger partial charge in [-0.05, 0) is 0 Å². The Bertz CT molecular complexity index is 83.4. The lowest BCUT2D eigenvalue weighted by Gasteiger charge is -2.01. The normalized spacial score (nSPS) is 11.4. The zero-order chi connectivity index (χ0) is 6.08. The maximum absolute atomic E-state index is 11.6. The van der Waals surface area contributed by atoms with Crippen LogP contribution in [0.15, 0.2) is 12.4 Å². The van der Waals surface area contributed by atoms with Gasteiger partial charge in [-0.1, -0.05) is 29.8 Å². The van der Waals surface area contributed by atoms with E-state index in [1.165, 1.54) is 0 Å². The fourth-order valence-corrected chi connectivity index (χ4v) is 0. The summed E-state index contributed by atoms with van der Waals surface area (Å²) in [5, 5.41) is 0. The highest BCUT2D eigenvalue weighted by Gasteiger charge is 2.26. The van der Waals surface area contributed by atoms with Crippen molar-refractivity contribution in [3.05, 3.63) is 12.4 Å².